The molecule has 5 rings (SSSR count). The Morgan fingerprint density at radius 2 is 1.41 bits per heavy atom. The first-order valence-corrected chi connectivity index (χ1v) is 11.7. The van der Waals surface area contributed by atoms with Crippen molar-refractivity contribution >= 4 is 35.3 Å². The quantitative estimate of drug-likeness (QED) is 0.405. The highest BCUT2D eigenvalue weighted by Crippen LogP contribution is 2.33. The molecule has 2 saturated heterocycles. The summed E-state index contributed by atoms with van der Waals surface area (Å²) in [6, 6.07) is 14.3. The van der Waals surface area contributed by atoms with Crippen molar-refractivity contribution in [3.8, 4) is 0 Å². The second-order valence-electron chi connectivity index (χ2n) is 8.01. The fraction of sp³-hybridized carbons (Fsp3) is 0.333. The summed E-state index contributed by atoms with van der Waals surface area (Å²) < 4.78 is 0. The predicted octanol–water partition coefficient (Wildman–Crippen LogP) is 3.26. The molecule has 0 aromatic heterocycles. The van der Waals surface area contributed by atoms with Crippen LogP contribution in [-0.4, -0.2) is 51.8 Å². The van der Waals surface area contributed by atoms with Crippen LogP contribution < -0.4 is 10.6 Å². The van der Waals surface area contributed by atoms with E-state index in [9.17, 15) is 19.2 Å². The van der Waals surface area contributed by atoms with Gasteiger partial charge in [0.2, 0.25) is 0 Å². The molecule has 8 heteroatoms. The summed E-state index contributed by atoms with van der Waals surface area (Å²) in [6.45, 7) is 0. The summed E-state index contributed by atoms with van der Waals surface area (Å²) in [6.07, 6.45) is 2.88. The number of urea groups is 1. The van der Waals surface area contributed by atoms with E-state index in [0.717, 1.165) is 25.0 Å². The molecule has 2 aromatic rings. The molecular weight excluding hydrogens is 428 g/mol. The third-order valence-corrected chi connectivity index (χ3v) is 7.41. The van der Waals surface area contributed by atoms with Gasteiger partial charge in [0.25, 0.3) is 0 Å². The maximum atomic E-state index is 12.1. The fourth-order valence-corrected chi connectivity index (χ4v) is 5.86. The smallest absolute Gasteiger partial charge is 0.315 e. The second kappa shape index (κ2) is 9.56. The molecule has 32 heavy (non-hydrogen) atoms. The number of amides is 2. The molecule has 166 valence electrons. The molecule has 0 saturated carbocycles. The molecule has 1 aliphatic carbocycles. The molecule has 7 nitrogen and oxygen atoms in total. The lowest BCUT2D eigenvalue weighted by molar-refractivity contribution is -0.137. The number of carbonyl (C=O) groups is 4. The average Bonchev–Trinajstić information content (AvgIpc) is 3.35. The maximum absolute atomic E-state index is 12.1. The van der Waals surface area contributed by atoms with E-state index in [1.54, 1.807) is 48.5 Å². The molecule has 2 aromatic carbocycles. The van der Waals surface area contributed by atoms with Crippen molar-refractivity contribution in [1.29, 1.82) is 0 Å². The molecule has 2 fully saturated rings. The molecule has 2 heterocycles. The van der Waals surface area contributed by atoms with Gasteiger partial charge in [0, 0.05) is 39.7 Å². The van der Waals surface area contributed by atoms with Crippen LogP contribution in [0.15, 0.2) is 48.5 Å². The monoisotopic (exact) mass is 452 g/mol. The SMILES string of the molecule is O=C(O)CCCC[C@@H]1SC[C@@H]2NC(=O)N[C@@H]21.O=C1c2ccccc2C(=O)c2ccccc21. The van der Waals surface area contributed by atoms with Crippen LogP contribution in [0, 0.1) is 0 Å². The Hall–Kier alpha value is -3.13. The van der Waals surface area contributed by atoms with Gasteiger partial charge >= 0.3 is 12.0 Å². The lowest BCUT2D eigenvalue weighted by Gasteiger charge is -2.16. The summed E-state index contributed by atoms with van der Waals surface area (Å²) in [4.78, 5) is 45.7. The number of fused-ring (bicyclic) bond motifs is 3. The van der Waals surface area contributed by atoms with Crippen molar-refractivity contribution in [2.75, 3.05) is 5.75 Å². The number of carboxylic acid groups (broad SMARTS) is 1. The number of ketones is 2. The number of aliphatic carboxylic acids is 1. The van der Waals surface area contributed by atoms with Gasteiger partial charge in [-0.3, -0.25) is 14.4 Å². The van der Waals surface area contributed by atoms with Crippen LogP contribution in [0.2, 0.25) is 0 Å². The van der Waals surface area contributed by atoms with Gasteiger partial charge in [-0.2, -0.15) is 11.8 Å². The fourth-order valence-electron chi connectivity index (χ4n) is 4.31. The Balaban J connectivity index is 0.000000153. The lowest BCUT2D eigenvalue weighted by atomic mass is 9.84. The van der Waals surface area contributed by atoms with Gasteiger partial charge in [0.1, 0.15) is 0 Å². The van der Waals surface area contributed by atoms with E-state index < -0.39 is 5.97 Å². The highest BCUT2D eigenvalue weighted by atomic mass is 32.2. The molecule has 0 radical (unpaired) electrons. The molecule has 0 unspecified atom stereocenters. The number of thioether (sulfide) groups is 1. The summed E-state index contributed by atoms with van der Waals surface area (Å²) in [7, 11) is 0. The Morgan fingerprint density at radius 1 is 0.875 bits per heavy atom. The standard InChI is InChI=1S/C14H8O2.C10H16N2O3S/c15-13-9-5-1-2-6-10(9)14(16)12-8-4-3-7-11(12)13;13-8(14)4-2-1-3-7-9-6(5-16-7)11-10(15)12-9/h1-8H;6-7,9H,1-5H2,(H,13,14)(H2,11,12,15)/t;6-,7-,9-/m.0/s1. The van der Waals surface area contributed by atoms with Crippen molar-refractivity contribution in [1.82, 2.24) is 10.6 Å². The zero-order valence-electron chi connectivity index (χ0n) is 17.4. The first-order chi connectivity index (χ1) is 15.5. The molecular formula is C24H24N2O5S. The van der Waals surface area contributed by atoms with Crippen LogP contribution in [0.1, 0.15) is 57.5 Å². The van der Waals surface area contributed by atoms with Crippen LogP contribution >= 0.6 is 11.8 Å². The highest BCUT2D eigenvalue weighted by molar-refractivity contribution is 8.00. The minimum Gasteiger partial charge on any atom is -0.481 e. The Morgan fingerprint density at radius 3 is 1.91 bits per heavy atom. The molecule has 3 aliphatic rings. The number of nitrogens with one attached hydrogen (secondary N) is 2. The summed E-state index contributed by atoms with van der Waals surface area (Å²) >= 11 is 1.87. The number of benzene rings is 2. The minimum absolute atomic E-state index is 0.0640. The van der Waals surface area contributed by atoms with Gasteiger partial charge in [-0.1, -0.05) is 55.0 Å². The van der Waals surface area contributed by atoms with Gasteiger partial charge in [0.05, 0.1) is 12.1 Å². The second-order valence-corrected chi connectivity index (χ2v) is 9.28. The largest absolute Gasteiger partial charge is 0.481 e. The number of hydrogen-bond acceptors (Lipinski definition) is 5. The topological polar surface area (TPSA) is 113 Å². The molecule has 0 bridgehead atoms. The number of carboxylic acids is 1. The lowest BCUT2D eigenvalue weighted by Crippen LogP contribution is -2.36. The van der Waals surface area contributed by atoms with Crippen LogP contribution in [0.25, 0.3) is 0 Å². The zero-order valence-corrected chi connectivity index (χ0v) is 18.2. The normalized spacial score (nSPS) is 22.6. The van der Waals surface area contributed by atoms with E-state index in [1.165, 1.54) is 0 Å². The van der Waals surface area contributed by atoms with E-state index in [4.69, 9.17) is 5.11 Å². The van der Waals surface area contributed by atoms with E-state index >= 15 is 0 Å². The minimum atomic E-state index is -0.729. The number of unbranched alkanes of at least 4 members (excludes halogenated alkanes) is 1. The van der Waals surface area contributed by atoms with Crippen LogP contribution in [0.5, 0.6) is 0 Å². The highest BCUT2D eigenvalue weighted by Gasteiger charge is 2.42. The molecule has 2 amide bonds. The third kappa shape index (κ3) is 4.55. The number of carbonyl (C=O) groups excluding carboxylic acids is 3. The predicted molar refractivity (Wildman–Crippen MR) is 121 cm³/mol. The molecule has 0 spiro atoms. The van der Waals surface area contributed by atoms with Gasteiger partial charge in [-0.25, -0.2) is 4.79 Å². The number of hydrogen-bond donors (Lipinski definition) is 3. The first kappa shape index (κ1) is 22.1. The van der Waals surface area contributed by atoms with Gasteiger partial charge < -0.3 is 15.7 Å². The van der Waals surface area contributed by atoms with Crippen molar-refractivity contribution in [3.05, 3.63) is 70.8 Å². The Kier molecular flexibility index (Phi) is 6.60. The summed E-state index contributed by atoms with van der Waals surface area (Å²) in [5.41, 5.74) is 2.02. The summed E-state index contributed by atoms with van der Waals surface area (Å²) in [5.74, 6) is 0.108. The molecule has 3 atom stereocenters. The van der Waals surface area contributed by atoms with Crippen LogP contribution in [0.3, 0.4) is 0 Å². The first-order valence-electron chi connectivity index (χ1n) is 10.6. The van der Waals surface area contributed by atoms with Crippen molar-refractivity contribution in [3.63, 3.8) is 0 Å². The van der Waals surface area contributed by atoms with Gasteiger partial charge in [0.15, 0.2) is 11.6 Å². The van der Waals surface area contributed by atoms with Crippen LogP contribution in [-0.2, 0) is 4.79 Å². The number of rotatable bonds is 5. The van der Waals surface area contributed by atoms with Gasteiger partial charge in [-0.15, -0.1) is 0 Å². The van der Waals surface area contributed by atoms with Crippen molar-refractivity contribution < 1.29 is 24.3 Å². The van der Waals surface area contributed by atoms with Crippen LogP contribution in [0.4, 0.5) is 4.79 Å². The Labute approximate surface area is 190 Å². The summed E-state index contributed by atoms with van der Waals surface area (Å²) in [5, 5.41) is 14.8. The van der Waals surface area contributed by atoms with E-state index in [0.29, 0.717) is 27.5 Å². The Bertz CT molecular complexity index is 964. The van der Waals surface area contributed by atoms with Gasteiger partial charge in [-0.05, 0) is 12.8 Å². The maximum Gasteiger partial charge on any atom is 0.315 e. The van der Waals surface area contributed by atoms with E-state index in [-0.39, 0.29) is 36.1 Å². The average molecular weight is 453 g/mol. The zero-order chi connectivity index (χ0) is 22.7. The third-order valence-electron chi connectivity index (χ3n) is 5.90. The molecule has 3 N–H and O–H groups in total. The van der Waals surface area contributed by atoms with E-state index in [1.807, 2.05) is 11.8 Å². The van der Waals surface area contributed by atoms with E-state index in [2.05, 4.69) is 10.6 Å². The molecule has 2 aliphatic heterocycles. The van der Waals surface area contributed by atoms with Crippen molar-refractivity contribution in [2.45, 2.75) is 43.0 Å². The van der Waals surface area contributed by atoms with Crippen molar-refractivity contribution in [2.24, 2.45) is 0 Å².